The zero-order valence-corrected chi connectivity index (χ0v) is 10.1. The molecule has 0 spiro atoms. The molecule has 2 atom stereocenters. The molecule has 1 aromatic rings. The number of hydrogen-bond donors (Lipinski definition) is 4. The van der Waals surface area contributed by atoms with Crippen molar-refractivity contribution in [3.8, 4) is 0 Å². The van der Waals surface area contributed by atoms with Crippen molar-refractivity contribution >= 4 is 41.5 Å². The first-order valence-corrected chi connectivity index (χ1v) is 5.58. The number of aliphatic hydroxyl groups excluding tert-OH is 2. The van der Waals surface area contributed by atoms with Crippen molar-refractivity contribution in [1.29, 1.82) is 0 Å². The molecular weight excluding hydrogens is 257 g/mol. The van der Waals surface area contributed by atoms with Gasteiger partial charge in [0, 0.05) is 11.3 Å². The average molecular weight is 268 g/mol. The zero-order chi connectivity index (χ0) is 11.6. The van der Waals surface area contributed by atoms with Crippen LogP contribution in [0.3, 0.4) is 0 Å². The minimum atomic E-state index is -1.12. The van der Waals surface area contributed by atoms with Crippen molar-refractivity contribution in [1.82, 2.24) is 0 Å². The molecule has 0 bridgehead atoms. The molecule has 0 radical (unpaired) electrons. The molecule has 0 heterocycles. The molecule has 2 unspecified atom stereocenters. The van der Waals surface area contributed by atoms with Crippen LogP contribution in [0.5, 0.6) is 0 Å². The van der Waals surface area contributed by atoms with E-state index < -0.39 is 12.2 Å². The Morgan fingerprint density at radius 2 is 1.87 bits per heavy atom. The van der Waals surface area contributed by atoms with Crippen molar-refractivity contribution in [2.75, 3.05) is 11.5 Å². The summed E-state index contributed by atoms with van der Waals surface area (Å²) in [6.07, 6.45) is -2.11. The number of nitrogens with two attached hydrogens (primary N) is 1. The van der Waals surface area contributed by atoms with Crippen LogP contribution in [0.2, 0.25) is 10.0 Å². The van der Waals surface area contributed by atoms with Gasteiger partial charge < -0.3 is 15.9 Å². The van der Waals surface area contributed by atoms with Crippen LogP contribution >= 0.6 is 35.8 Å². The highest BCUT2D eigenvalue weighted by molar-refractivity contribution is 7.80. The average Bonchev–Trinajstić information content (AvgIpc) is 2.24. The number of anilines is 1. The molecule has 0 fully saturated rings. The fourth-order valence-corrected chi connectivity index (χ4v) is 1.77. The lowest BCUT2D eigenvalue weighted by Crippen LogP contribution is -2.20. The maximum Gasteiger partial charge on any atom is 0.107 e. The van der Waals surface area contributed by atoms with E-state index in [0.717, 1.165) is 0 Å². The largest absolute Gasteiger partial charge is 0.397 e. The highest BCUT2D eigenvalue weighted by atomic mass is 35.5. The Hall–Kier alpha value is -0.130. The summed E-state index contributed by atoms with van der Waals surface area (Å²) in [6, 6.07) is 3.05. The fraction of sp³-hybridized carbons (Fsp3) is 0.333. The molecular formula is C9H11Cl2NO2S. The Labute approximate surface area is 103 Å². The third-order valence-electron chi connectivity index (χ3n) is 2.01. The summed E-state index contributed by atoms with van der Waals surface area (Å²) >= 11 is 15.6. The molecule has 4 N–H and O–H groups in total. The molecule has 1 aromatic carbocycles. The van der Waals surface area contributed by atoms with Crippen LogP contribution in [-0.2, 0) is 0 Å². The van der Waals surface area contributed by atoms with Crippen LogP contribution in [0.25, 0.3) is 0 Å². The number of benzene rings is 1. The smallest absolute Gasteiger partial charge is 0.107 e. The van der Waals surface area contributed by atoms with E-state index in [4.69, 9.17) is 28.9 Å². The Morgan fingerprint density at radius 3 is 2.40 bits per heavy atom. The lowest BCUT2D eigenvalue weighted by atomic mass is 10.0. The summed E-state index contributed by atoms with van der Waals surface area (Å²) in [6.45, 7) is 0. The quantitative estimate of drug-likeness (QED) is 0.500. The van der Waals surface area contributed by atoms with Gasteiger partial charge in [-0.15, -0.1) is 0 Å². The molecule has 0 saturated heterocycles. The number of halogens is 2. The second-order valence-electron chi connectivity index (χ2n) is 3.07. The van der Waals surface area contributed by atoms with E-state index in [1.807, 2.05) is 0 Å². The number of nitrogen functional groups attached to an aromatic ring is 1. The van der Waals surface area contributed by atoms with Gasteiger partial charge in [0.05, 0.1) is 21.8 Å². The van der Waals surface area contributed by atoms with Crippen molar-refractivity contribution < 1.29 is 10.2 Å². The first-order chi connectivity index (χ1) is 6.99. The number of rotatable bonds is 3. The van der Waals surface area contributed by atoms with Crippen LogP contribution in [0.15, 0.2) is 12.1 Å². The van der Waals surface area contributed by atoms with Crippen LogP contribution in [0.4, 0.5) is 5.69 Å². The van der Waals surface area contributed by atoms with Gasteiger partial charge in [-0.1, -0.05) is 29.3 Å². The Balaban J connectivity index is 3.10. The van der Waals surface area contributed by atoms with E-state index in [1.54, 1.807) is 0 Å². The second kappa shape index (κ2) is 5.27. The third kappa shape index (κ3) is 2.71. The molecule has 0 aliphatic rings. The first-order valence-electron chi connectivity index (χ1n) is 4.19. The van der Waals surface area contributed by atoms with Gasteiger partial charge in [0.1, 0.15) is 6.10 Å². The molecule has 3 nitrogen and oxygen atoms in total. The first kappa shape index (κ1) is 12.9. The number of hydrogen-bond acceptors (Lipinski definition) is 4. The number of thiol groups is 1. The SMILES string of the molecule is Nc1ccc(C(O)C(O)CS)c(Cl)c1Cl. The van der Waals surface area contributed by atoms with Crippen LogP contribution < -0.4 is 5.73 Å². The topological polar surface area (TPSA) is 66.5 Å². The van der Waals surface area contributed by atoms with Gasteiger partial charge in [0.15, 0.2) is 0 Å². The Bertz CT molecular complexity index is 362. The molecule has 0 amide bonds. The summed E-state index contributed by atoms with van der Waals surface area (Å²) in [5.41, 5.74) is 6.20. The van der Waals surface area contributed by atoms with E-state index in [1.165, 1.54) is 12.1 Å². The predicted molar refractivity (Wildman–Crippen MR) is 65.7 cm³/mol. The van der Waals surface area contributed by atoms with Crippen molar-refractivity contribution in [2.45, 2.75) is 12.2 Å². The van der Waals surface area contributed by atoms with Gasteiger partial charge in [-0.2, -0.15) is 12.6 Å². The van der Waals surface area contributed by atoms with E-state index >= 15 is 0 Å². The molecule has 84 valence electrons. The zero-order valence-electron chi connectivity index (χ0n) is 7.69. The van der Waals surface area contributed by atoms with Crippen LogP contribution in [0, 0.1) is 0 Å². The minimum absolute atomic E-state index is 0.124. The van der Waals surface area contributed by atoms with Gasteiger partial charge in [-0.25, -0.2) is 0 Å². The Kier molecular flexibility index (Phi) is 4.55. The van der Waals surface area contributed by atoms with Gasteiger partial charge in [-0.05, 0) is 6.07 Å². The van der Waals surface area contributed by atoms with Crippen molar-refractivity contribution in [3.05, 3.63) is 27.7 Å². The summed E-state index contributed by atoms with van der Waals surface area (Å²) in [4.78, 5) is 0. The highest BCUT2D eigenvalue weighted by Crippen LogP contribution is 2.35. The predicted octanol–water partition coefficient (Wildman–Crippen LogP) is 1.90. The second-order valence-corrected chi connectivity index (χ2v) is 4.19. The van der Waals surface area contributed by atoms with E-state index in [2.05, 4.69) is 12.6 Å². The standard InChI is InChI=1S/C9H11Cl2NO2S/c10-7-4(9(14)6(13)3-15)1-2-5(12)8(7)11/h1-2,6,9,13-15H,3,12H2. The van der Waals surface area contributed by atoms with E-state index in [9.17, 15) is 10.2 Å². The van der Waals surface area contributed by atoms with Gasteiger partial charge >= 0.3 is 0 Å². The lowest BCUT2D eigenvalue weighted by molar-refractivity contribution is 0.0338. The molecule has 0 aromatic heterocycles. The molecule has 15 heavy (non-hydrogen) atoms. The molecule has 0 aliphatic carbocycles. The van der Waals surface area contributed by atoms with Gasteiger partial charge in [-0.3, -0.25) is 0 Å². The van der Waals surface area contributed by atoms with Crippen molar-refractivity contribution in [3.63, 3.8) is 0 Å². The summed E-state index contributed by atoms with van der Waals surface area (Å²) in [7, 11) is 0. The van der Waals surface area contributed by atoms with E-state index in [-0.39, 0.29) is 15.8 Å². The number of aliphatic hydroxyl groups is 2. The van der Waals surface area contributed by atoms with E-state index in [0.29, 0.717) is 11.3 Å². The monoisotopic (exact) mass is 267 g/mol. The van der Waals surface area contributed by atoms with Crippen LogP contribution in [-0.4, -0.2) is 22.1 Å². The molecule has 1 rings (SSSR count). The summed E-state index contributed by atoms with van der Waals surface area (Å²) in [5, 5.41) is 19.4. The van der Waals surface area contributed by atoms with Crippen LogP contribution in [0.1, 0.15) is 11.7 Å². The molecule has 0 aliphatic heterocycles. The third-order valence-corrected chi connectivity index (χ3v) is 3.30. The van der Waals surface area contributed by atoms with Gasteiger partial charge in [0.2, 0.25) is 0 Å². The maximum atomic E-state index is 9.70. The molecule has 6 heteroatoms. The van der Waals surface area contributed by atoms with Gasteiger partial charge in [0.25, 0.3) is 0 Å². The highest BCUT2D eigenvalue weighted by Gasteiger charge is 2.21. The normalized spacial score (nSPS) is 15.0. The Morgan fingerprint density at radius 1 is 1.27 bits per heavy atom. The summed E-state index contributed by atoms with van der Waals surface area (Å²) in [5.74, 6) is 0.124. The fourth-order valence-electron chi connectivity index (χ4n) is 1.11. The molecule has 0 saturated carbocycles. The minimum Gasteiger partial charge on any atom is -0.397 e. The lowest BCUT2D eigenvalue weighted by Gasteiger charge is -2.18. The maximum absolute atomic E-state index is 9.70. The van der Waals surface area contributed by atoms with Crippen molar-refractivity contribution in [2.24, 2.45) is 0 Å². The summed E-state index contributed by atoms with van der Waals surface area (Å²) < 4.78 is 0.